The normalized spacial score (nSPS) is 14.3. The highest BCUT2D eigenvalue weighted by Crippen LogP contribution is 2.37. The van der Waals surface area contributed by atoms with E-state index in [1.165, 1.54) is 17.3 Å². The number of nitrogens with zero attached hydrogens (tertiary/aromatic N) is 3. The summed E-state index contributed by atoms with van der Waals surface area (Å²) in [6, 6.07) is 8.35. The molecule has 0 unspecified atom stereocenters. The first-order chi connectivity index (χ1) is 12.6. The van der Waals surface area contributed by atoms with E-state index in [0.29, 0.717) is 16.1 Å². The summed E-state index contributed by atoms with van der Waals surface area (Å²) in [7, 11) is 0. The number of thiophene rings is 1. The molecule has 0 aliphatic carbocycles. The molecule has 0 radical (unpaired) electrons. The van der Waals surface area contributed by atoms with E-state index in [9.17, 15) is 4.79 Å². The largest absolute Gasteiger partial charge is 0.342 e. The summed E-state index contributed by atoms with van der Waals surface area (Å²) in [5, 5.41) is 3.96. The van der Waals surface area contributed by atoms with Crippen molar-refractivity contribution in [1.82, 2.24) is 14.9 Å². The smallest absolute Gasteiger partial charge is 0.233 e. The molecule has 1 saturated heterocycles. The second-order valence-corrected chi connectivity index (χ2v) is 8.53. The first-order valence-electron chi connectivity index (χ1n) is 8.54. The predicted molar refractivity (Wildman–Crippen MR) is 109 cm³/mol. The second-order valence-electron chi connectivity index (χ2n) is 6.37. The van der Waals surface area contributed by atoms with Crippen LogP contribution in [0.2, 0.25) is 5.15 Å². The van der Waals surface area contributed by atoms with Crippen LogP contribution in [0.15, 0.2) is 34.8 Å². The van der Waals surface area contributed by atoms with Gasteiger partial charge in [-0.25, -0.2) is 9.97 Å². The third-order valence-corrected chi connectivity index (χ3v) is 6.49. The van der Waals surface area contributed by atoms with Crippen LogP contribution in [0, 0.1) is 6.92 Å². The van der Waals surface area contributed by atoms with Crippen LogP contribution in [0.4, 0.5) is 0 Å². The van der Waals surface area contributed by atoms with Crippen LogP contribution >= 0.6 is 34.7 Å². The molecule has 0 N–H and O–H groups in total. The number of fused-ring (bicyclic) bond motifs is 1. The maximum Gasteiger partial charge on any atom is 0.233 e. The summed E-state index contributed by atoms with van der Waals surface area (Å²) in [6.07, 6.45) is 2.20. The quantitative estimate of drug-likeness (QED) is 0.348. The average Bonchev–Trinajstić information content (AvgIpc) is 3.30. The van der Waals surface area contributed by atoms with Gasteiger partial charge in [0, 0.05) is 24.0 Å². The molecule has 4 rings (SSSR count). The molecule has 0 saturated carbocycles. The van der Waals surface area contributed by atoms with Crippen molar-refractivity contribution < 1.29 is 4.79 Å². The van der Waals surface area contributed by atoms with Crippen molar-refractivity contribution in [1.29, 1.82) is 0 Å². The van der Waals surface area contributed by atoms with Crippen molar-refractivity contribution in [2.75, 3.05) is 18.8 Å². The zero-order valence-electron chi connectivity index (χ0n) is 14.4. The number of hydrogen-bond acceptors (Lipinski definition) is 5. The van der Waals surface area contributed by atoms with E-state index >= 15 is 0 Å². The van der Waals surface area contributed by atoms with Gasteiger partial charge in [-0.05, 0) is 25.3 Å². The highest BCUT2D eigenvalue weighted by atomic mass is 35.5. The van der Waals surface area contributed by atoms with Gasteiger partial charge in [-0.15, -0.1) is 11.3 Å². The van der Waals surface area contributed by atoms with Crippen molar-refractivity contribution in [3.63, 3.8) is 0 Å². The van der Waals surface area contributed by atoms with E-state index in [0.717, 1.165) is 47.3 Å². The number of thioether (sulfide) groups is 1. The predicted octanol–water partition coefficient (Wildman–Crippen LogP) is 5.03. The summed E-state index contributed by atoms with van der Waals surface area (Å²) < 4.78 is 0. The maximum atomic E-state index is 12.2. The summed E-state index contributed by atoms with van der Waals surface area (Å²) in [6.45, 7) is 3.80. The molecule has 3 heterocycles. The molecule has 0 atom stereocenters. The van der Waals surface area contributed by atoms with Crippen molar-refractivity contribution in [3.05, 3.63) is 40.4 Å². The zero-order chi connectivity index (χ0) is 18.1. The number of benzene rings is 1. The number of halogens is 1. The Hall–Kier alpha value is -1.63. The monoisotopic (exact) mass is 403 g/mol. The molecule has 2 aromatic heterocycles. The Morgan fingerprint density at radius 1 is 1.23 bits per heavy atom. The lowest BCUT2D eigenvalue weighted by atomic mass is 10.1. The van der Waals surface area contributed by atoms with Crippen LogP contribution < -0.4 is 0 Å². The SMILES string of the molecule is Cc1ccc(-c2csc3nc(SCC(=O)N4CCCC4)nc(Cl)c23)cc1. The number of carbonyl (C=O) groups excluding carboxylic acids is 1. The number of amides is 1. The molecule has 1 amide bonds. The summed E-state index contributed by atoms with van der Waals surface area (Å²) in [5.74, 6) is 0.511. The standard InChI is InChI=1S/C19H18ClN3OS2/c1-12-4-6-13(7-5-12)14-10-25-18-16(14)17(20)21-19(22-18)26-11-15(24)23-8-2-3-9-23/h4-7,10H,2-3,8-9,11H2,1H3. The van der Waals surface area contributed by atoms with E-state index in [1.807, 2.05) is 4.90 Å². The lowest BCUT2D eigenvalue weighted by Gasteiger charge is -2.14. The van der Waals surface area contributed by atoms with Gasteiger partial charge in [0.15, 0.2) is 5.16 Å². The molecule has 0 bridgehead atoms. The van der Waals surface area contributed by atoms with Gasteiger partial charge in [-0.2, -0.15) is 0 Å². The second kappa shape index (κ2) is 7.55. The molecular weight excluding hydrogens is 386 g/mol. The molecule has 4 nitrogen and oxygen atoms in total. The fourth-order valence-electron chi connectivity index (χ4n) is 3.08. The number of aryl methyl sites for hydroxylation is 1. The third-order valence-electron chi connectivity index (χ3n) is 4.51. The lowest BCUT2D eigenvalue weighted by molar-refractivity contribution is -0.127. The van der Waals surface area contributed by atoms with Gasteiger partial charge in [0.05, 0.1) is 11.1 Å². The Labute approximate surface area is 165 Å². The van der Waals surface area contributed by atoms with E-state index in [4.69, 9.17) is 11.6 Å². The van der Waals surface area contributed by atoms with Crippen molar-refractivity contribution in [2.45, 2.75) is 24.9 Å². The first-order valence-corrected chi connectivity index (χ1v) is 10.8. The van der Waals surface area contributed by atoms with Crippen molar-refractivity contribution in [2.24, 2.45) is 0 Å². The maximum absolute atomic E-state index is 12.2. The van der Waals surface area contributed by atoms with E-state index in [1.54, 1.807) is 11.3 Å². The molecule has 1 aliphatic heterocycles. The molecule has 3 aromatic rings. The van der Waals surface area contributed by atoms with E-state index in [2.05, 4.69) is 46.5 Å². The minimum Gasteiger partial charge on any atom is -0.342 e. The Bertz CT molecular complexity index is 949. The lowest BCUT2D eigenvalue weighted by Crippen LogP contribution is -2.29. The summed E-state index contributed by atoms with van der Waals surface area (Å²) in [5.41, 5.74) is 3.38. The van der Waals surface area contributed by atoms with Crippen LogP contribution in [0.5, 0.6) is 0 Å². The van der Waals surface area contributed by atoms with E-state index < -0.39 is 0 Å². The van der Waals surface area contributed by atoms with Gasteiger partial charge in [-0.3, -0.25) is 4.79 Å². The number of rotatable bonds is 4. The summed E-state index contributed by atoms with van der Waals surface area (Å²) in [4.78, 5) is 24.0. The highest BCUT2D eigenvalue weighted by Gasteiger charge is 2.19. The fraction of sp³-hybridized carbons (Fsp3) is 0.316. The van der Waals surface area contributed by atoms with Gasteiger partial charge in [0.25, 0.3) is 0 Å². The molecule has 7 heteroatoms. The first kappa shape index (κ1) is 17.8. The molecule has 26 heavy (non-hydrogen) atoms. The molecule has 1 aromatic carbocycles. The van der Waals surface area contributed by atoms with Gasteiger partial charge in [-0.1, -0.05) is 53.2 Å². The zero-order valence-corrected chi connectivity index (χ0v) is 16.8. The molecule has 0 spiro atoms. The van der Waals surface area contributed by atoms with Gasteiger partial charge < -0.3 is 4.90 Å². The van der Waals surface area contributed by atoms with Crippen molar-refractivity contribution in [3.8, 4) is 11.1 Å². The fourth-order valence-corrected chi connectivity index (χ4v) is 5.20. The number of likely N-dealkylation sites (tertiary alicyclic amines) is 1. The molecule has 1 fully saturated rings. The van der Waals surface area contributed by atoms with E-state index in [-0.39, 0.29) is 5.91 Å². The van der Waals surface area contributed by atoms with Crippen LogP contribution in [0.3, 0.4) is 0 Å². The number of aromatic nitrogens is 2. The Morgan fingerprint density at radius 2 is 1.96 bits per heavy atom. The summed E-state index contributed by atoms with van der Waals surface area (Å²) >= 11 is 9.40. The highest BCUT2D eigenvalue weighted by molar-refractivity contribution is 7.99. The number of carbonyl (C=O) groups is 1. The van der Waals surface area contributed by atoms with Gasteiger partial charge >= 0.3 is 0 Å². The average molecular weight is 404 g/mol. The van der Waals surface area contributed by atoms with Gasteiger partial charge in [0.1, 0.15) is 9.98 Å². The molecule has 134 valence electrons. The number of hydrogen-bond donors (Lipinski definition) is 0. The molecule has 1 aliphatic rings. The van der Waals surface area contributed by atoms with Crippen LogP contribution in [0.25, 0.3) is 21.3 Å². The van der Waals surface area contributed by atoms with Crippen LogP contribution in [-0.4, -0.2) is 39.6 Å². The minimum atomic E-state index is 0.152. The van der Waals surface area contributed by atoms with Crippen LogP contribution in [-0.2, 0) is 4.79 Å². The van der Waals surface area contributed by atoms with Crippen molar-refractivity contribution >= 4 is 50.8 Å². The Morgan fingerprint density at radius 3 is 2.69 bits per heavy atom. The topological polar surface area (TPSA) is 46.1 Å². The Kier molecular flexibility index (Phi) is 5.16. The minimum absolute atomic E-state index is 0.152. The third kappa shape index (κ3) is 3.59. The Balaban J connectivity index is 1.57. The molecular formula is C19H18ClN3OS2. The van der Waals surface area contributed by atoms with Crippen LogP contribution in [0.1, 0.15) is 18.4 Å². The van der Waals surface area contributed by atoms with Gasteiger partial charge in [0.2, 0.25) is 5.91 Å².